The number of nitrogens with zero attached hydrogens (tertiary/aromatic N) is 1. The largest absolute Gasteiger partial charge is 0.342 e. The quantitative estimate of drug-likeness (QED) is 0.793. The van der Waals surface area contributed by atoms with Crippen LogP contribution in [0.2, 0.25) is 0 Å². The molecule has 6 nitrogen and oxygen atoms in total. The minimum absolute atomic E-state index is 0.149. The number of hydrogen-bond donors (Lipinski definition) is 3. The fourth-order valence-corrected chi connectivity index (χ4v) is 2.82. The summed E-state index contributed by atoms with van der Waals surface area (Å²) in [6.07, 6.45) is 0.923. The van der Waals surface area contributed by atoms with Crippen molar-refractivity contribution < 1.29 is 4.79 Å². The van der Waals surface area contributed by atoms with E-state index in [0.717, 1.165) is 12.0 Å². The van der Waals surface area contributed by atoms with E-state index < -0.39 is 0 Å². The lowest BCUT2D eigenvalue weighted by Gasteiger charge is -2.09. The average Bonchev–Trinajstić information content (AvgIpc) is 2.95. The fraction of sp³-hybridized carbons (Fsp3) is 0.417. The Balaban J connectivity index is 2.10. The molecule has 7 heteroatoms. The Morgan fingerprint density at radius 3 is 2.84 bits per heavy atom. The van der Waals surface area contributed by atoms with Gasteiger partial charge in [0.2, 0.25) is 0 Å². The molecule has 3 N–H and O–H groups in total. The molecule has 1 atom stereocenters. The summed E-state index contributed by atoms with van der Waals surface area (Å²) in [7, 11) is 0. The van der Waals surface area contributed by atoms with E-state index in [1.54, 1.807) is 6.92 Å². The van der Waals surface area contributed by atoms with Crippen LogP contribution < -0.4 is 11.0 Å². The summed E-state index contributed by atoms with van der Waals surface area (Å²) >= 11 is 1.50. The second-order valence-electron chi connectivity index (χ2n) is 4.33. The minimum Gasteiger partial charge on any atom is -0.342 e. The molecule has 2 aromatic heterocycles. The molecule has 2 rings (SSSR count). The van der Waals surface area contributed by atoms with Crippen LogP contribution in [0.15, 0.2) is 10.9 Å². The summed E-state index contributed by atoms with van der Waals surface area (Å²) < 4.78 is 0. The van der Waals surface area contributed by atoms with Gasteiger partial charge in [-0.25, -0.2) is 9.89 Å². The van der Waals surface area contributed by atoms with Crippen LogP contribution >= 0.6 is 11.3 Å². The highest BCUT2D eigenvalue weighted by molar-refractivity contribution is 7.14. The first-order chi connectivity index (χ1) is 9.01. The van der Waals surface area contributed by atoms with Gasteiger partial charge in [-0.3, -0.25) is 9.78 Å². The molecule has 0 aliphatic rings. The van der Waals surface area contributed by atoms with Gasteiger partial charge in [-0.2, -0.15) is 5.10 Å². The molecular formula is C12H16N4O2S. The third-order valence-corrected chi connectivity index (χ3v) is 4.22. The normalized spacial score (nSPS) is 12.4. The fourth-order valence-electron chi connectivity index (χ4n) is 1.81. The number of aromatic amines is 2. The van der Waals surface area contributed by atoms with E-state index in [4.69, 9.17) is 0 Å². The van der Waals surface area contributed by atoms with Gasteiger partial charge >= 0.3 is 5.69 Å². The molecule has 0 aliphatic carbocycles. The van der Waals surface area contributed by atoms with Gasteiger partial charge in [-0.1, -0.05) is 6.92 Å². The first kappa shape index (κ1) is 13.5. The Labute approximate surface area is 114 Å². The number of rotatable bonds is 4. The number of hydrogen-bond acceptors (Lipinski definition) is 4. The average molecular weight is 280 g/mol. The molecule has 19 heavy (non-hydrogen) atoms. The van der Waals surface area contributed by atoms with E-state index in [2.05, 4.69) is 27.4 Å². The molecule has 102 valence electrons. The zero-order valence-electron chi connectivity index (χ0n) is 11.0. The topological polar surface area (TPSA) is 90.6 Å². The van der Waals surface area contributed by atoms with E-state index in [-0.39, 0.29) is 17.6 Å². The molecule has 0 aromatic carbocycles. The van der Waals surface area contributed by atoms with Gasteiger partial charge < -0.3 is 5.32 Å². The summed E-state index contributed by atoms with van der Waals surface area (Å²) in [5.41, 5.74) is 0.759. The van der Waals surface area contributed by atoms with Crippen LogP contribution in [0, 0.1) is 6.92 Å². The van der Waals surface area contributed by atoms with E-state index in [0.29, 0.717) is 10.7 Å². The van der Waals surface area contributed by atoms with Crippen molar-refractivity contribution >= 4 is 17.2 Å². The lowest BCUT2D eigenvalue weighted by atomic mass is 10.2. The predicted molar refractivity (Wildman–Crippen MR) is 73.5 cm³/mol. The molecule has 0 radical (unpaired) electrons. The lowest BCUT2D eigenvalue weighted by Crippen LogP contribution is -2.26. The highest BCUT2D eigenvalue weighted by Crippen LogP contribution is 2.22. The van der Waals surface area contributed by atoms with Crippen molar-refractivity contribution in [2.24, 2.45) is 0 Å². The summed E-state index contributed by atoms with van der Waals surface area (Å²) in [6, 6.07) is 1.54. The molecule has 1 unspecified atom stereocenters. The number of thiophene rings is 1. The third kappa shape index (κ3) is 2.93. The SMILES string of the molecule is CCc1sc(C(=O)NC(C)c2n[nH]c(=O)[nH]2)cc1C. The van der Waals surface area contributed by atoms with Gasteiger partial charge in [0.25, 0.3) is 5.91 Å². The summed E-state index contributed by atoms with van der Waals surface area (Å²) in [6.45, 7) is 5.84. The molecule has 0 fully saturated rings. The highest BCUT2D eigenvalue weighted by atomic mass is 32.1. The predicted octanol–water partition coefficient (Wildman–Crippen LogP) is 1.52. The van der Waals surface area contributed by atoms with Crippen LogP contribution in [0.25, 0.3) is 0 Å². The summed E-state index contributed by atoms with van der Waals surface area (Å²) in [5, 5.41) is 8.88. The van der Waals surface area contributed by atoms with Crippen LogP contribution in [-0.2, 0) is 6.42 Å². The molecule has 0 saturated carbocycles. The first-order valence-electron chi connectivity index (χ1n) is 6.06. The van der Waals surface area contributed by atoms with Crippen LogP contribution in [0.1, 0.15) is 45.8 Å². The molecule has 0 bridgehead atoms. The smallest absolute Gasteiger partial charge is 0.340 e. The Hall–Kier alpha value is -1.89. The summed E-state index contributed by atoms with van der Waals surface area (Å²) in [4.78, 5) is 27.5. The lowest BCUT2D eigenvalue weighted by molar-refractivity contribution is 0.0942. The van der Waals surface area contributed by atoms with Crippen LogP contribution in [0.3, 0.4) is 0 Å². The van der Waals surface area contributed by atoms with Crippen molar-refractivity contribution in [3.8, 4) is 0 Å². The van der Waals surface area contributed by atoms with Crippen LogP contribution in [0.4, 0.5) is 0 Å². The van der Waals surface area contributed by atoms with Gasteiger partial charge in [0.15, 0.2) is 5.82 Å². The Kier molecular flexibility index (Phi) is 3.84. The van der Waals surface area contributed by atoms with Crippen molar-refractivity contribution in [3.63, 3.8) is 0 Å². The van der Waals surface area contributed by atoms with E-state index in [1.165, 1.54) is 16.2 Å². The number of aryl methyl sites for hydroxylation is 2. The zero-order chi connectivity index (χ0) is 14.0. The van der Waals surface area contributed by atoms with Gasteiger partial charge in [0.1, 0.15) is 0 Å². The van der Waals surface area contributed by atoms with Crippen molar-refractivity contribution in [1.29, 1.82) is 0 Å². The molecule has 0 saturated heterocycles. The number of aromatic nitrogens is 3. The van der Waals surface area contributed by atoms with E-state index in [9.17, 15) is 9.59 Å². The molecule has 0 spiro atoms. The maximum Gasteiger partial charge on any atom is 0.340 e. The van der Waals surface area contributed by atoms with Crippen LogP contribution in [-0.4, -0.2) is 21.1 Å². The molecule has 1 amide bonds. The molecular weight excluding hydrogens is 264 g/mol. The monoisotopic (exact) mass is 280 g/mol. The maximum absolute atomic E-state index is 12.1. The van der Waals surface area contributed by atoms with Gasteiger partial charge in [-0.15, -0.1) is 11.3 Å². The number of carbonyl (C=O) groups is 1. The standard InChI is InChI=1S/C12H16N4O2S/c1-4-8-6(2)5-9(19-8)11(17)13-7(3)10-14-12(18)16-15-10/h5,7H,4H2,1-3H3,(H,13,17)(H2,14,15,16,18). The molecule has 2 aromatic rings. The van der Waals surface area contributed by atoms with Crippen molar-refractivity contribution in [1.82, 2.24) is 20.5 Å². The second kappa shape index (κ2) is 5.40. The van der Waals surface area contributed by atoms with E-state index in [1.807, 2.05) is 13.0 Å². The zero-order valence-corrected chi connectivity index (χ0v) is 11.9. The number of nitrogens with one attached hydrogen (secondary N) is 3. The third-order valence-electron chi connectivity index (χ3n) is 2.84. The van der Waals surface area contributed by atoms with Crippen LogP contribution in [0.5, 0.6) is 0 Å². The number of H-pyrrole nitrogens is 2. The van der Waals surface area contributed by atoms with E-state index >= 15 is 0 Å². The van der Waals surface area contributed by atoms with Crippen molar-refractivity contribution in [3.05, 3.63) is 37.7 Å². The minimum atomic E-state index is -0.378. The Bertz CT molecular complexity index is 640. The van der Waals surface area contributed by atoms with Gasteiger partial charge in [-0.05, 0) is 31.9 Å². The summed E-state index contributed by atoms with van der Waals surface area (Å²) in [5.74, 6) is 0.270. The number of carbonyl (C=O) groups excluding carboxylic acids is 1. The highest BCUT2D eigenvalue weighted by Gasteiger charge is 2.16. The first-order valence-corrected chi connectivity index (χ1v) is 6.87. The number of amides is 1. The molecule has 2 heterocycles. The molecule has 0 aliphatic heterocycles. The van der Waals surface area contributed by atoms with Gasteiger partial charge in [0.05, 0.1) is 10.9 Å². The van der Waals surface area contributed by atoms with Gasteiger partial charge in [0, 0.05) is 4.88 Å². The Morgan fingerprint density at radius 1 is 1.58 bits per heavy atom. The van der Waals surface area contributed by atoms with Crippen molar-refractivity contribution in [2.45, 2.75) is 33.2 Å². The second-order valence-corrected chi connectivity index (χ2v) is 5.47. The maximum atomic E-state index is 12.1. The van der Waals surface area contributed by atoms with Crippen molar-refractivity contribution in [2.75, 3.05) is 0 Å². The Morgan fingerprint density at radius 2 is 2.32 bits per heavy atom.